The molecular weight excluding hydrogens is 580 g/mol. The van der Waals surface area contributed by atoms with E-state index in [1.807, 2.05) is 0 Å². The number of rotatable bonds is 5. The third-order valence-corrected chi connectivity index (χ3v) is 20.2. The number of halogens is 2. The van der Waals surface area contributed by atoms with Crippen LogP contribution in [0.2, 0.25) is 0 Å². The van der Waals surface area contributed by atoms with Crippen LogP contribution in [0.25, 0.3) is 0 Å². The monoisotopic (exact) mass is 600 g/mol. The fraction of sp³-hybridized carbons (Fsp3) is 0. The van der Waals surface area contributed by atoms with E-state index in [9.17, 15) is 9.90 Å². The average Bonchev–Trinajstić information content (AvgIpc) is 2.86. The zero-order valence-corrected chi connectivity index (χ0v) is 21.5. The first kappa shape index (κ1) is 27.6. The Morgan fingerprint density at radius 2 is 0.889 bits per heavy atom. The molecule has 0 aliphatic heterocycles. The van der Waals surface area contributed by atoms with Crippen molar-refractivity contribution in [1.82, 2.24) is 19.9 Å². The summed E-state index contributed by atoms with van der Waals surface area (Å²) in [6, 6.07) is 18.0. The average molecular weight is 601 g/mol. The molecule has 0 spiro atoms. The molecule has 0 saturated heterocycles. The molecule has 4 rings (SSSR count). The summed E-state index contributed by atoms with van der Waals surface area (Å²) in [5, 5.41) is 11.4. The third kappa shape index (κ3) is 2.84. The van der Waals surface area contributed by atoms with Gasteiger partial charge in [-0.2, -0.15) is 8.42 Å². The summed E-state index contributed by atoms with van der Waals surface area (Å²) in [6.07, 6.45) is 5.43. The molecule has 0 aliphatic rings. The molecule has 0 saturated carbocycles. The van der Waals surface area contributed by atoms with Crippen LogP contribution in [0.3, 0.4) is 0 Å². The zero-order valence-electron chi connectivity index (χ0n) is 18.2. The summed E-state index contributed by atoms with van der Waals surface area (Å²) in [6.45, 7) is -8.19. The van der Waals surface area contributed by atoms with Gasteiger partial charge >= 0.3 is 193 Å². The van der Waals surface area contributed by atoms with E-state index in [0.29, 0.717) is 0 Å². The van der Waals surface area contributed by atoms with Crippen molar-refractivity contribution in [3.8, 4) is 0 Å². The van der Waals surface area contributed by atoms with Crippen molar-refractivity contribution in [2.24, 2.45) is 4.78 Å². The van der Waals surface area contributed by atoms with Gasteiger partial charge in [-0.3, -0.25) is 9.11 Å². The molecule has 4 aromatic heterocycles. The number of pyridine rings is 4. The minimum atomic E-state index is -8.19. The molecule has 4 aromatic rings. The van der Waals surface area contributed by atoms with E-state index >= 15 is 0 Å². The molecule has 36 heavy (non-hydrogen) atoms. The van der Waals surface area contributed by atoms with Gasteiger partial charge in [-0.25, -0.2) is 0 Å². The standard InChI is InChI=1S/4C5H4N.CHO2.2ClH.Co.H2N.H2O4S/c4*1-2-4-6-5-3-1;2-1-3;;;;;1-5(2,3)4/h4*1-4H;(H,2,3);2*1H;;1H2;(H2,1,2,3,4)/q;;;;;;;+3;-1;/p-2. The fourth-order valence-electron chi connectivity index (χ4n) is 3.47. The number of carbonyl (C=O) groups is 1. The molecule has 5 N–H and O–H groups in total. The van der Waals surface area contributed by atoms with Gasteiger partial charge < -0.3 is 0 Å². The van der Waals surface area contributed by atoms with Gasteiger partial charge in [0, 0.05) is 0 Å². The molecule has 195 valence electrons. The maximum atomic E-state index is 14.0. The summed E-state index contributed by atoms with van der Waals surface area (Å²) in [7, 11) is 11.0. The van der Waals surface area contributed by atoms with Crippen LogP contribution >= 0.6 is 20.3 Å². The first-order chi connectivity index (χ1) is 16.5. The fourth-order valence-corrected chi connectivity index (χ4v) is 13.3. The number of hydrogen-bond acceptors (Lipinski definition) is 8. The van der Waals surface area contributed by atoms with Gasteiger partial charge in [0.2, 0.25) is 0 Å². The van der Waals surface area contributed by atoms with Gasteiger partial charge in [0.15, 0.2) is 0 Å². The maximum absolute atomic E-state index is 14.0. The van der Waals surface area contributed by atoms with Crippen molar-refractivity contribution in [3.05, 3.63) is 97.6 Å². The molecule has 4 heterocycles. The second-order valence-corrected chi connectivity index (χ2v) is 25.5. The molecule has 0 radical (unpaired) electrons. The Morgan fingerprint density at radius 3 is 1.03 bits per heavy atom. The zero-order chi connectivity index (χ0) is 26.9. The molecule has 11 nitrogen and oxygen atoms in total. The predicted molar refractivity (Wildman–Crippen MR) is 134 cm³/mol. The van der Waals surface area contributed by atoms with Crippen LogP contribution in [0.1, 0.15) is 0 Å². The third-order valence-electron chi connectivity index (χ3n) is 5.21. The van der Waals surface area contributed by atoms with Crippen molar-refractivity contribution < 1.29 is 34.3 Å². The van der Waals surface area contributed by atoms with Crippen molar-refractivity contribution in [1.29, 1.82) is 0 Å². The number of nitrogens with zero attached hydrogens (tertiary/aromatic N) is 4. The first-order valence-electron chi connectivity index (χ1n) is 9.49. The topological polar surface area (TPSA) is 189 Å². The molecular formula is C21H21Cl2CoN5O6S. The first-order valence-corrected chi connectivity index (χ1v) is 17.0. The van der Waals surface area contributed by atoms with Gasteiger partial charge in [-0.15, -0.1) is 0 Å². The Bertz CT molecular complexity index is 1410. The minimum absolute atomic E-state index is 0.357. The van der Waals surface area contributed by atoms with Crippen LogP contribution in [0.5, 0.6) is 0 Å². The van der Waals surface area contributed by atoms with Gasteiger partial charge in [-0.05, 0) is 0 Å². The van der Waals surface area contributed by atoms with E-state index in [-0.39, 0.29) is 18.5 Å². The number of nitrogens with two attached hydrogens (primary N) is 1. The normalized spacial score (nSPS) is 16.0. The number of hydrogen-bond donors (Lipinski definition) is 4. The predicted octanol–water partition coefficient (Wildman–Crippen LogP) is 1.37. The summed E-state index contributed by atoms with van der Waals surface area (Å²) in [4.78, 5) is 37.1. The van der Waals surface area contributed by atoms with Crippen molar-refractivity contribution >= 4 is 54.1 Å². The summed E-state index contributed by atoms with van der Waals surface area (Å²) in [5.41, 5.74) is 0. The molecule has 0 atom stereocenters. The summed E-state index contributed by atoms with van der Waals surface area (Å²) in [5.74, 6) is 0. The van der Waals surface area contributed by atoms with Gasteiger partial charge in [-0.1, -0.05) is 0 Å². The summed E-state index contributed by atoms with van der Waals surface area (Å²) < 4.78 is 30.2. The quantitative estimate of drug-likeness (QED) is 0.242. The van der Waals surface area contributed by atoms with Crippen molar-refractivity contribution in [2.75, 3.05) is 0 Å². The van der Waals surface area contributed by atoms with E-state index in [1.165, 1.54) is 49.1 Å². The van der Waals surface area contributed by atoms with Crippen LogP contribution in [0.4, 0.5) is 4.79 Å². The van der Waals surface area contributed by atoms with E-state index in [4.69, 9.17) is 42.6 Å². The second-order valence-electron chi connectivity index (χ2n) is 7.34. The van der Waals surface area contributed by atoms with Crippen LogP contribution in [-0.4, -0.2) is 47.5 Å². The molecule has 0 unspecified atom stereocenters. The second kappa shape index (κ2) is 7.05. The SMILES string of the molecule is O=S(=O)(O)O.[NH2][Co]([Cl])([Cl])([C](=O)O)([c]1ccccn1)([c]1ccccn1)([c]1ccccn1)[c]1ccccn1. The Morgan fingerprint density at radius 1 is 0.667 bits per heavy atom. The number of carboxylic acid groups (broad SMARTS) is 1. The molecule has 0 bridgehead atoms. The Balaban J connectivity index is 0.000000658. The van der Waals surface area contributed by atoms with Crippen LogP contribution in [0.15, 0.2) is 97.6 Å². The number of aromatic nitrogens is 4. The molecule has 15 heteroatoms. The Kier molecular flexibility index (Phi) is 5.40. The van der Waals surface area contributed by atoms with E-state index < -0.39 is 22.2 Å². The van der Waals surface area contributed by atoms with E-state index in [1.54, 1.807) is 48.5 Å². The van der Waals surface area contributed by atoms with Gasteiger partial charge in [0.1, 0.15) is 0 Å². The van der Waals surface area contributed by atoms with Gasteiger partial charge in [0.25, 0.3) is 0 Å². The van der Waals surface area contributed by atoms with Crippen molar-refractivity contribution in [3.63, 3.8) is 0 Å². The Labute approximate surface area is 210 Å². The van der Waals surface area contributed by atoms with Crippen LogP contribution < -0.4 is 23.3 Å². The van der Waals surface area contributed by atoms with E-state index in [0.717, 1.165) is 0 Å². The van der Waals surface area contributed by atoms with Crippen molar-refractivity contribution in [2.45, 2.75) is 0 Å². The molecule has 0 amide bonds. The molecule has 0 aromatic carbocycles. The van der Waals surface area contributed by atoms with Crippen LogP contribution in [-0.2, 0) is 17.3 Å². The Hall–Kier alpha value is -3.01. The molecule has 0 aliphatic carbocycles. The van der Waals surface area contributed by atoms with Crippen LogP contribution in [0, 0.1) is 0 Å². The van der Waals surface area contributed by atoms with E-state index in [2.05, 4.69) is 19.9 Å². The molecule has 0 fully saturated rings. The van der Waals surface area contributed by atoms with Gasteiger partial charge in [0.05, 0.1) is 0 Å². The summed E-state index contributed by atoms with van der Waals surface area (Å²) >= 11 is 0.